The summed E-state index contributed by atoms with van der Waals surface area (Å²) in [6.07, 6.45) is 3.69. The molecule has 0 radical (unpaired) electrons. The van der Waals surface area contributed by atoms with Gasteiger partial charge < -0.3 is 5.32 Å². The van der Waals surface area contributed by atoms with Crippen molar-refractivity contribution in [1.29, 1.82) is 5.26 Å². The molecule has 13 heavy (non-hydrogen) atoms. The van der Waals surface area contributed by atoms with E-state index in [1.165, 1.54) is 0 Å². The topological polar surface area (TPSA) is 53.6 Å². The van der Waals surface area contributed by atoms with Gasteiger partial charge in [-0.1, -0.05) is 0 Å². The van der Waals surface area contributed by atoms with Crippen molar-refractivity contribution in [2.24, 2.45) is 5.92 Å². The van der Waals surface area contributed by atoms with E-state index in [2.05, 4.69) is 16.5 Å². The molecule has 0 spiro atoms. The summed E-state index contributed by atoms with van der Waals surface area (Å²) in [4.78, 5) is 0. The van der Waals surface area contributed by atoms with Crippen LogP contribution < -0.4 is 5.32 Å². The third-order valence-electron chi connectivity index (χ3n) is 1.75. The molecule has 1 heterocycles. The van der Waals surface area contributed by atoms with E-state index in [9.17, 15) is 0 Å². The monoisotopic (exact) mass is 178 g/mol. The van der Waals surface area contributed by atoms with Crippen molar-refractivity contribution in [2.45, 2.75) is 13.5 Å². The summed E-state index contributed by atoms with van der Waals surface area (Å²) >= 11 is 0. The second-order valence-corrected chi connectivity index (χ2v) is 3.00. The molecule has 0 saturated heterocycles. The lowest BCUT2D eigenvalue weighted by atomic mass is 10.2. The Balaban J connectivity index is 2.06. The number of hydrogen-bond donors (Lipinski definition) is 1. The van der Waals surface area contributed by atoms with Crippen LogP contribution in [0.2, 0.25) is 0 Å². The van der Waals surface area contributed by atoms with Crippen molar-refractivity contribution in [3.05, 3.63) is 18.5 Å². The summed E-state index contributed by atoms with van der Waals surface area (Å²) in [5.41, 5.74) is 0. The van der Waals surface area contributed by atoms with Gasteiger partial charge in [-0.25, -0.2) is 0 Å². The molecule has 1 unspecified atom stereocenters. The van der Waals surface area contributed by atoms with E-state index >= 15 is 0 Å². The van der Waals surface area contributed by atoms with E-state index in [4.69, 9.17) is 5.26 Å². The van der Waals surface area contributed by atoms with Gasteiger partial charge in [0.1, 0.15) is 0 Å². The van der Waals surface area contributed by atoms with Crippen molar-refractivity contribution in [1.82, 2.24) is 15.1 Å². The molecule has 4 nitrogen and oxygen atoms in total. The summed E-state index contributed by atoms with van der Waals surface area (Å²) in [5, 5.41) is 15.8. The van der Waals surface area contributed by atoms with Crippen LogP contribution in [0, 0.1) is 17.2 Å². The van der Waals surface area contributed by atoms with Gasteiger partial charge >= 0.3 is 0 Å². The molecule has 70 valence electrons. The standard InChI is InChI=1S/C9H14N4/c1-9(7-10)8-11-4-6-13-5-2-3-12-13/h2-3,5,9,11H,4,6,8H2,1H3. The molecule has 0 aliphatic carbocycles. The van der Waals surface area contributed by atoms with Gasteiger partial charge in [-0.05, 0) is 13.0 Å². The highest BCUT2D eigenvalue weighted by molar-refractivity contribution is 4.80. The lowest BCUT2D eigenvalue weighted by Gasteiger charge is -2.05. The maximum atomic E-state index is 8.51. The zero-order chi connectivity index (χ0) is 9.52. The van der Waals surface area contributed by atoms with Crippen LogP contribution in [0.4, 0.5) is 0 Å². The van der Waals surface area contributed by atoms with Gasteiger partial charge in [0.15, 0.2) is 0 Å². The first-order valence-corrected chi connectivity index (χ1v) is 4.40. The van der Waals surface area contributed by atoms with Crippen LogP contribution in [0.15, 0.2) is 18.5 Å². The van der Waals surface area contributed by atoms with Gasteiger partial charge in [0.2, 0.25) is 0 Å². The highest BCUT2D eigenvalue weighted by Crippen LogP contribution is 1.87. The van der Waals surface area contributed by atoms with E-state index in [1.54, 1.807) is 6.20 Å². The predicted octanol–water partition coefficient (Wildman–Crippen LogP) is 0.632. The fourth-order valence-electron chi connectivity index (χ4n) is 0.991. The first-order valence-electron chi connectivity index (χ1n) is 4.40. The van der Waals surface area contributed by atoms with Crippen molar-refractivity contribution in [3.8, 4) is 6.07 Å². The molecule has 1 N–H and O–H groups in total. The minimum atomic E-state index is 0.0811. The number of aromatic nitrogens is 2. The van der Waals surface area contributed by atoms with Crippen LogP contribution in [-0.2, 0) is 6.54 Å². The molecule has 0 aliphatic heterocycles. The molecule has 1 aromatic heterocycles. The molecule has 0 aliphatic rings. The number of nitriles is 1. The molecular formula is C9H14N4. The van der Waals surface area contributed by atoms with Gasteiger partial charge in [0, 0.05) is 25.5 Å². The fraction of sp³-hybridized carbons (Fsp3) is 0.556. The fourth-order valence-corrected chi connectivity index (χ4v) is 0.991. The van der Waals surface area contributed by atoms with Gasteiger partial charge in [0.05, 0.1) is 18.5 Å². The maximum Gasteiger partial charge on any atom is 0.0666 e. The molecule has 0 fully saturated rings. The zero-order valence-corrected chi connectivity index (χ0v) is 7.77. The third-order valence-corrected chi connectivity index (χ3v) is 1.75. The molecule has 0 bridgehead atoms. The molecule has 0 aromatic carbocycles. The van der Waals surface area contributed by atoms with Gasteiger partial charge in [0.25, 0.3) is 0 Å². The van der Waals surface area contributed by atoms with Crippen molar-refractivity contribution < 1.29 is 0 Å². The van der Waals surface area contributed by atoms with Crippen LogP contribution in [-0.4, -0.2) is 22.9 Å². The Morgan fingerprint density at radius 1 is 1.69 bits per heavy atom. The van der Waals surface area contributed by atoms with E-state index in [1.807, 2.05) is 23.9 Å². The molecule has 0 saturated carbocycles. The Hall–Kier alpha value is -1.34. The molecule has 4 heteroatoms. The first kappa shape index (κ1) is 9.75. The Labute approximate surface area is 78.2 Å². The Morgan fingerprint density at radius 2 is 2.54 bits per heavy atom. The summed E-state index contributed by atoms with van der Waals surface area (Å²) in [5.74, 6) is 0.0811. The Bertz CT molecular complexity index is 260. The van der Waals surface area contributed by atoms with E-state index in [0.717, 1.165) is 19.6 Å². The molecule has 1 atom stereocenters. The second kappa shape index (κ2) is 5.33. The van der Waals surface area contributed by atoms with E-state index < -0.39 is 0 Å². The average molecular weight is 178 g/mol. The lowest BCUT2D eigenvalue weighted by Crippen LogP contribution is -2.24. The van der Waals surface area contributed by atoms with Gasteiger partial charge in [-0.2, -0.15) is 10.4 Å². The number of nitrogens with one attached hydrogen (secondary N) is 1. The van der Waals surface area contributed by atoms with Crippen LogP contribution in [0.3, 0.4) is 0 Å². The highest BCUT2D eigenvalue weighted by atomic mass is 15.3. The Kier molecular flexibility index (Phi) is 4.00. The summed E-state index contributed by atoms with van der Waals surface area (Å²) < 4.78 is 1.87. The van der Waals surface area contributed by atoms with Crippen LogP contribution in [0.5, 0.6) is 0 Å². The minimum absolute atomic E-state index is 0.0811. The Morgan fingerprint density at radius 3 is 3.15 bits per heavy atom. The summed E-state index contributed by atoms with van der Waals surface area (Å²) in [6, 6.07) is 4.07. The largest absolute Gasteiger partial charge is 0.314 e. The van der Waals surface area contributed by atoms with Crippen LogP contribution in [0.1, 0.15) is 6.92 Å². The van der Waals surface area contributed by atoms with E-state index in [0.29, 0.717) is 0 Å². The predicted molar refractivity (Wildman–Crippen MR) is 49.9 cm³/mol. The quantitative estimate of drug-likeness (QED) is 0.673. The van der Waals surface area contributed by atoms with Gasteiger partial charge in [-0.3, -0.25) is 4.68 Å². The number of hydrogen-bond acceptors (Lipinski definition) is 3. The van der Waals surface area contributed by atoms with Crippen molar-refractivity contribution in [2.75, 3.05) is 13.1 Å². The molecule has 1 aromatic rings. The molecule has 1 rings (SSSR count). The second-order valence-electron chi connectivity index (χ2n) is 3.00. The van der Waals surface area contributed by atoms with E-state index in [-0.39, 0.29) is 5.92 Å². The SMILES string of the molecule is CC(C#N)CNCCn1cccn1. The minimum Gasteiger partial charge on any atom is -0.314 e. The van der Waals surface area contributed by atoms with Gasteiger partial charge in [-0.15, -0.1) is 0 Å². The van der Waals surface area contributed by atoms with Crippen molar-refractivity contribution >= 4 is 0 Å². The zero-order valence-electron chi connectivity index (χ0n) is 7.77. The molecular weight excluding hydrogens is 164 g/mol. The third kappa shape index (κ3) is 3.72. The summed E-state index contributed by atoms with van der Waals surface area (Å²) in [7, 11) is 0. The maximum absolute atomic E-state index is 8.51. The van der Waals surface area contributed by atoms with Crippen molar-refractivity contribution in [3.63, 3.8) is 0 Å². The van der Waals surface area contributed by atoms with Crippen LogP contribution in [0.25, 0.3) is 0 Å². The normalized spacial score (nSPS) is 12.3. The highest BCUT2D eigenvalue weighted by Gasteiger charge is 1.97. The van der Waals surface area contributed by atoms with Crippen LogP contribution >= 0.6 is 0 Å². The smallest absolute Gasteiger partial charge is 0.0666 e. The molecule has 0 amide bonds. The first-order chi connectivity index (χ1) is 6.33. The lowest BCUT2D eigenvalue weighted by molar-refractivity contribution is 0.529. The number of rotatable bonds is 5. The number of nitrogens with zero attached hydrogens (tertiary/aromatic N) is 3. The average Bonchev–Trinajstić information content (AvgIpc) is 2.64. The summed E-state index contributed by atoms with van der Waals surface area (Å²) in [6.45, 7) is 4.36.